The maximum Gasteiger partial charge on any atom is 0.230 e. The average Bonchev–Trinajstić information content (AvgIpc) is 3.28. The van der Waals surface area contributed by atoms with Gasteiger partial charge in [0.15, 0.2) is 11.0 Å². The smallest absolute Gasteiger partial charge is 0.230 e. The van der Waals surface area contributed by atoms with Crippen molar-refractivity contribution in [2.75, 3.05) is 12.4 Å². The van der Waals surface area contributed by atoms with Crippen LogP contribution in [0.2, 0.25) is 0 Å². The SMILES string of the molecule is CCOc1ccccc1-c1nnc(SCC(=O)NC2CC2)n1C. The van der Waals surface area contributed by atoms with Gasteiger partial charge in [-0.25, -0.2) is 0 Å². The van der Waals surface area contributed by atoms with E-state index in [9.17, 15) is 4.79 Å². The molecule has 1 saturated carbocycles. The number of hydrogen-bond donors (Lipinski definition) is 1. The van der Waals surface area contributed by atoms with Crippen molar-refractivity contribution >= 4 is 17.7 Å². The summed E-state index contributed by atoms with van der Waals surface area (Å²) < 4.78 is 7.55. The number of carbonyl (C=O) groups is 1. The molecule has 0 spiro atoms. The Kier molecular flexibility index (Phi) is 4.85. The van der Waals surface area contributed by atoms with Crippen LogP contribution in [-0.2, 0) is 11.8 Å². The topological polar surface area (TPSA) is 69.0 Å². The molecule has 23 heavy (non-hydrogen) atoms. The van der Waals surface area contributed by atoms with Crippen molar-refractivity contribution in [2.45, 2.75) is 31.0 Å². The van der Waals surface area contributed by atoms with E-state index in [2.05, 4.69) is 15.5 Å². The highest BCUT2D eigenvalue weighted by atomic mass is 32.2. The molecule has 1 aromatic carbocycles. The standard InChI is InChI=1S/C16H20N4O2S/c1-3-22-13-7-5-4-6-12(13)15-18-19-16(20(15)2)23-10-14(21)17-11-8-9-11/h4-7,11H,3,8-10H2,1-2H3,(H,17,21). The van der Waals surface area contributed by atoms with Gasteiger partial charge in [0.05, 0.1) is 17.9 Å². The maximum atomic E-state index is 11.8. The van der Waals surface area contributed by atoms with Gasteiger partial charge in [-0.05, 0) is 31.9 Å². The Balaban J connectivity index is 1.72. The van der Waals surface area contributed by atoms with Crippen molar-refractivity contribution in [3.8, 4) is 17.1 Å². The van der Waals surface area contributed by atoms with E-state index >= 15 is 0 Å². The van der Waals surface area contributed by atoms with Gasteiger partial charge in [-0.2, -0.15) is 0 Å². The third-order valence-corrected chi connectivity index (χ3v) is 4.56. The van der Waals surface area contributed by atoms with Gasteiger partial charge in [0.2, 0.25) is 5.91 Å². The van der Waals surface area contributed by atoms with Gasteiger partial charge in [0.25, 0.3) is 0 Å². The Bertz CT molecular complexity index is 697. The zero-order valence-corrected chi connectivity index (χ0v) is 14.1. The molecule has 0 saturated heterocycles. The predicted molar refractivity (Wildman–Crippen MR) is 89.5 cm³/mol. The molecule has 6 nitrogen and oxygen atoms in total. The summed E-state index contributed by atoms with van der Waals surface area (Å²) in [4.78, 5) is 11.8. The molecule has 0 atom stereocenters. The highest BCUT2D eigenvalue weighted by molar-refractivity contribution is 7.99. The van der Waals surface area contributed by atoms with Gasteiger partial charge < -0.3 is 14.6 Å². The van der Waals surface area contributed by atoms with Crippen LogP contribution in [-0.4, -0.2) is 39.1 Å². The summed E-state index contributed by atoms with van der Waals surface area (Å²) in [7, 11) is 1.90. The normalized spacial score (nSPS) is 13.8. The number of hydrogen-bond acceptors (Lipinski definition) is 5. The van der Waals surface area contributed by atoms with Crippen LogP contribution < -0.4 is 10.1 Å². The summed E-state index contributed by atoms with van der Waals surface area (Å²) in [5, 5.41) is 12.2. The van der Waals surface area contributed by atoms with E-state index in [1.807, 2.05) is 42.8 Å². The average molecular weight is 332 g/mol. The Morgan fingerprint density at radius 1 is 1.39 bits per heavy atom. The minimum Gasteiger partial charge on any atom is -0.493 e. The van der Waals surface area contributed by atoms with E-state index < -0.39 is 0 Å². The number of rotatable bonds is 7. The number of carbonyl (C=O) groups excluding carboxylic acids is 1. The fraction of sp³-hybridized carbons (Fsp3) is 0.438. The number of ether oxygens (including phenoxy) is 1. The first-order valence-corrected chi connectivity index (χ1v) is 8.71. The minimum atomic E-state index is 0.0526. The Morgan fingerprint density at radius 3 is 2.91 bits per heavy atom. The fourth-order valence-electron chi connectivity index (χ4n) is 2.23. The van der Waals surface area contributed by atoms with E-state index in [0.717, 1.165) is 35.1 Å². The summed E-state index contributed by atoms with van der Waals surface area (Å²) in [6.07, 6.45) is 2.19. The Morgan fingerprint density at radius 2 is 2.17 bits per heavy atom. The molecule has 7 heteroatoms. The minimum absolute atomic E-state index is 0.0526. The van der Waals surface area contributed by atoms with Gasteiger partial charge in [0.1, 0.15) is 5.75 Å². The van der Waals surface area contributed by atoms with E-state index in [1.165, 1.54) is 11.8 Å². The second-order valence-corrected chi connectivity index (χ2v) is 6.37. The van der Waals surface area contributed by atoms with Crippen LogP contribution in [0.25, 0.3) is 11.4 Å². The molecular weight excluding hydrogens is 312 g/mol. The van der Waals surface area contributed by atoms with Crippen LogP contribution in [0.5, 0.6) is 5.75 Å². The van der Waals surface area contributed by atoms with Crippen LogP contribution in [0, 0.1) is 0 Å². The Labute approximate surface area is 139 Å². The number of amides is 1. The summed E-state index contributed by atoms with van der Waals surface area (Å²) in [5.41, 5.74) is 0.902. The number of para-hydroxylation sites is 1. The van der Waals surface area contributed by atoms with Crippen molar-refractivity contribution in [3.05, 3.63) is 24.3 Å². The van der Waals surface area contributed by atoms with E-state index in [1.54, 1.807) is 0 Å². The molecule has 0 unspecified atom stereocenters. The van der Waals surface area contributed by atoms with Gasteiger partial charge in [0, 0.05) is 13.1 Å². The van der Waals surface area contributed by atoms with Crippen LogP contribution in [0.1, 0.15) is 19.8 Å². The van der Waals surface area contributed by atoms with E-state index in [0.29, 0.717) is 18.4 Å². The van der Waals surface area contributed by atoms with Crippen molar-refractivity contribution in [1.29, 1.82) is 0 Å². The van der Waals surface area contributed by atoms with Crippen LogP contribution in [0.3, 0.4) is 0 Å². The van der Waals surface area contributed by atoms with E-state index in [4.69, 9.17) is 4.74 Å². The monoisotopic (exact) mass is 332 g/mol. The molecule has 122 valence electrons. The molecule has 1 heterocycles. The van der Waals surface area contributed by atoms with Crippen LogP contribution in [0.4, 0.5) is 0 Å². The van der Waals surface area contributed by atoms with Crippen LogP contribution in [0.15, 0.2) is 29.4 Å². The molecule has 1 N–H and O–H groups in total. The molecule has 3 rings (SSSR count). The number of benzene rings is 1. The molecular formula is C16H20N4O2S. The molecule has 1 aliphatic carbocycles. The second kappa shape index (κ2) is 7.04. The summed E-state index contributed by atoms with van der Waals surface area (Å²) >= 11 is 1.40. The Hall–Kier alpha value is -2.02. The lowest BCUT2D eigenvalue weighted by molar-refractivity contribution is -0.118. The lowest BCUT2D eigenvalue weighted by Gasteiger charge is -2.09. The van der Waals surface area contributed by atoms with Gasteiger partial charge >= 0.3 is 0 Å². The van der Waals surface area contributed by atoms with Crippen LogP contribution >= 0.6 is 11.8 Å². The molecule has 1 aromatic heterocycles. The third kappa shape index (κ3) is 3.85. The first kappa shape index (κ1) is 15.9. The summed E-state index contributed by atoms with van der Waals surface area (Å²) in [5.74, 6) is 1.93. The molecule has 0 aliphatic heterocycles. The number of nitrogens with one attached hydrogen (secondary N) is 1. The zero-order valence-electron chi connectivity index (χ0n) is 13.3. The number of nitrogens with zero attached hydrogens (tertiary/aromatic N) is 3. The third-order valence-electron chi connectivity index (χ3n) is 3.54. The van der Waals surface area contributed by atoms with Crippen molar-refractivity contribution in [3.63, 3.8) is 0 Å². The maximum absolute atomic E-state index is 11.8. The summed E-state index contributed by atoms with van der Waals surface area (Å²) in [6, 6.07) is 8.15. The molecule has 1 aliphatic rings. The fourth-order valence-corrected chi connectivity index (χ4v) is 2.96. The summed E-state index contributed by atoms with van der Waals surface area (Å²) in [6.45, 7) is 2.55. The van der Waals surface area contributed by atoms with Crippen molar-refractivity contribution in [2.24, 2.45) is 7.05 Å². The molecule has 1 amide bonds. The van der Waals surface area contributed by atoms with Crippen molar-refractivity contribution < 1.29 is 9.53 Å². The lowest BCUT2D eigenvalue weighted by Crippen LogP contribution is -2.27. The lowest BCUT2D eigenvalue weighted by atomic mass is 10.2. The first-order valence-electron chi connectivity index (χ1n) is 7.72. The second-order valence-electron chi connectivity index (χ2n) is 5.42. The highest BCUT2D eigenvalue weighted by Gasteiger charge is 2.23. The molecule has 2 aromatic rings. The number of thioether (sulfide) groups is 1. The van der Waals surface area contributed by atoms with E-state index in [-0.39, 0.29) is 5.91 Å². The van der Waals surface area contributed by atoms with Gasteiger partial charge in [-0.3, -0.25) is 4.79 Å². The quantitative estimate of drug-likeness (QED) is 0.788. The predicted octanol–water partition coefficient (Wildman–Crippen LogP) is 2.25. The molecule has 0 bridgehead atoms. The van der Waals surface area contributed by atoms with Gasteiger partial charge in [-0.15, -0.1) is 10.2 Å². The van der Waals surface area contributed by atoms with Gasteiger partial charge in [-0.1, -0.05) is 23.9 Å². The largest absolute Gasteiger partial charge is 0.493 e. The zero-order chi connectivity index (χ0) is 16.2. The first-order chi connectivity index (χ1) is 11.2. The molecule has 0 radical (unpaired) electrons. The number of aromatic nitrogens is 3. The highest BCUT2D eigenvalue weighted by Crippen LogP contribution is 2.30. The van der Waals surface area contributed by atoms with Crippen molar-refractivity contribution in [1.82, 2.24) is 20.1 Å². The molecule has 1 fully saturated rings.